The minimum atomic E-state index is -4.17. The second kappa shape index (κ2) is 10.6. The SMILES string of the molecule is CCC(c1ccc(F)c(C(=O)c2c[nH]c3ncc(OCCN(CC)CC)cc23)c1F)S(N)(=O)=O. The van der Waals surface area contributed by atoms with Gasteiger partial charge in [0.15, 0.2) is 0 Å². The number of ether oxygens (including phenoxy) is 1. The van der Waals surface area contributed by atoms with Gasteiger partial charge in [0.1, 0.15) is 34.9 Å². The lowest BCUT2D eigenvalue weighted by molar-refractivity contribution is 0.103. The Morgan fingerprint density at radius 3 is 2.56 bits per heavy atom. The lowest BCUT2D eigenvalue weighted by atomic mass is 9.98. The van der Waals surface area contributed by atoms with Crippen LogP contribution in [0, 0.1) is 11.6 Å². The van der Waals surface area contributed by atoms with E-state index in [0.29, 0.717) is 29.9 Å². The second-order valence-electron chi connectivity index (χ2n) is 7.79. The lowest BCUT2D eigenvalue weighted by Gasteiger charge is -2.17. The number of nitrogens with one attached hydrogen (secondary N) is 1. The summed E-state index contributed by atoms with van der Waals surface area (Å²) in [5, 5.41) is 4.13. The average molecular weight is 495 g/mol. The van der Waals surface area contributed by atoms with Crippen molar-refractivity contribution in [1.29, 1.82) is 0 Å². The largest absolute Gasteiger partial charge is 0.491 e. The Bertz CT molecular complexity index is 1290. The van der Waals surface area contributed by atoms with Gasteiger partial charge in [-0.1, -0.05) is 26.8 Å². The predicted octanol–water partition coefficient (Wildman–Crippen LogP) is 3.53. The van der Waals surface area contributed by atoms with Crippen molar-refractivity contribution in [2.24, 2.45) is 5.14 Å². The molecule has 0 fully saturated rings. The van der Waals surface area contributed by atoms with E-state index in [1.165, 1.54) is 19.3 Å². The highest BCUT2D eigenvalue weighted by Crippen LogP contribution is 2.31. The number of nitrogens with two attached hydrogens (primary N) is 1. The molecule has 3 aromatic rings. The van der Waals surface area contributed by atoms with Gasteiger partial charge in [0.2, 0.25) is 15.8 Å². The summed E-state index contributed by atoms with van der Waals surface area (Å²) in [5.41, 5.74) is -0.885. The van der Waals surface area contributed by atoms with Gasteiger partial charge in [-0.05, 0) is 31.6 Å². The number of nitrogens with zero attached hydrogens (tertiary/aromatic N) is 2. The molecule has 1 atom stereocenters. The molecule has 3 N–H and O–H groups in total. The molecule has 0 aliphatic heterocycles. The van der Waals surface area contributed by atoms with Gasteiger partial charge in [0, 0.05) is 29.3 Å². The number of benzene rings is 1. The summed E-state index contributed by atoms with van der Waals surface area (Å²) < 4.78 is 59.5. The molecule has 2 aromatic heterocycles. The number of primary sulfonamides is 1. The Morgan fingerprint density at radius 1 is 1.24 bits per heavy atom. The zero-order chi connectivity index (χ0) is 25.0. The van der Waals surface area contributed by atoms with Crippen LogP contribution >= 0.6 is 0 Å². The third-order valence-corrected chi connectivity index (χ3v) is 7.16. The minimum Gasteiger partial charge on any atom is -0.491 e. The highest BCUT2D eigenvalue weighted by atomic mass is 32.2. The first-order valence-corrected chi connectivity index (χ1v) is 12.6. The average Bonchev–Trinajstić information content (AvgIpc) is 3.21. The topological polar surface area (TPSA) is 118 Å². The van der Waals surface area contributed by atoms with E-state index in [1.54, 1.807) is 6.07 Å². The highest BCUT2D eigenvalue weighted by molar-refractivity contribution is 7.89. The highest BCUT2D eigenvalue weighted by Gasteiger charge is 2.30. The molecule has 0 aliphatic carbocycles. The number of ketones is 1. The monoisotopic (exact) mass is 494 g/mol. The number of likely N-dealkylation sites (N-methyl/N-ethyl adjacent to an activating group) is 1. The number of carbonyl (C=O) groups is 1. The minimum absolute atomic E-state index is 0.0182. The van der Waals surface area contributed by atoms with Crippen molar-refractivity contribution in [3.05, 3.63) is 58.9 Å². The summed E-state index contributed by atoms with van der Waals surface area (Å²) in [5.74, 6) is -2.90. The van der Waals surface area contributed by atoms with Gasteiger partial charge in [0.25, 0.3) is 0 Å². The van der Waals surface area contributed by atoms with Crippen molar-refractivity contribution in [1.82, 2.24) is 14.9 Å². The van der Waals surface area contributed by atoms with E-state index in [2.05, 4.69) is 14.9 Å². The summed E-state index contributed by atoms with van der Waals surface area (Å²) in [6.45, 7) is 8.48. The fourth-order valence-electron chi connectivity index (χ4n) is 3.87. The normalized spacial score (nSPS) is 12.9. The number of aromatic amines is 1. The van der Waals surface area contributed by atoms with E-state index >= 15 is 4.39 Å². The second-order valence-corrected chi connectivity index (χ2v) is 9.53. The first-order valence-electron chi connectivity index (χ1n) is 11.0. The molecule has 2 heterocycles. The van der Waals surface area contributed by atoms with Crippen LogP contribution in [0.25, 0.3) is 11.0 Å². The predicted molar refractivity (Wildman–Crippen MR) is 125 cm³/mol. The van der Waals surface area contributed by atoms with Crippen LogP contribution in [-0.2, 0) is 10.0 Å². The van der Waals surface area contributed by atoms with Gasteiger partial charge in [-0.25, -0.2) is 27.3 Å². The van der Waals surface area contributed by atoms with Crippen LogP contribution in [0.15, 0.2) is 30.6 Å². The van der Waals surface area contributed by atoms with Gasteiger partial charge >= 0.3 is 0 Å². The number of halogens is 2. The maximum absolute atomic E-state index is 15.3. The van der Waals surface area contributed by atoms with Crippen LogP contribution in [0.5, 0.6) is 5.75 Å². The number of hydrogen-bond acceptors (Lipinski definition) is 6. The summed E-state index contributed by atoms with van der Waals surface area (Å²) in [6, 6.07) is 3.44. The molecule has 1 aromatic carbocycles. The van der Waals surface area contributed by atoms with Crippen molar-refractivity contribution >= 4 is 26.8 Å². The Kier molecular flexibility index (Phi) is 8.01. The summed E-state index contributed by atoms with van der Waals surface area (Å²) >= 11 is 0. The van der Waals surface area contributed by atoms with Gasteiger partial charge in [-0.3, -0.25) is 4.79 Å². The third-order valence-electron chi connectivity index (χ3n) is 5.78. The Morgan fingerprint density at radius 2 is 1.94 bits per heavy atom. The molecular weight excluding hydrogens is 466 g/mol. The number of hydrogen-bond donors (Lipinski definition) is 2. The summed E-state index contributed by atoms with van der Waals surface area (Å²) in [6.07, 6.45) is 2.76. The number of H-pyrrole nitrogens is 1. The first-order chi connectivity index (χ1) is 16.1. The fourth-order valence-corrected chi connectivity index (χ4v) is 4.87. The number of rotatable bonds is 11. The summed E-state index contributed by atoms with van der Waals surface area (Å²) in [7, 11) is -4.17. The van der Waals surface area contributed by atoms with Crippen molar-refractivity contribution in [3.63, 3.8) is 0 Å². The molecule has 0 amide bonds. The molecule has 11 heteroatoms. The molecular formula is C23H28F2N4O4S. The van der Waals surface area contributed by atoms with Crippen molar-refractivity contribution < 1.29 is 26.7 Å². The van der Waals surface area contributed by atoms with E-state index < -0.39 is 38.3 Å². The molecule has 0 aliphatic rings. The van der Waals surface area contributed by atoms with Crippen LogP contribution in [0.1, 0.15) is 53.9 Å². The summed E-state index contributed by atoms with van der Waals surface area (Å²) in [4.78, 5) is 22.4. The fraction of sp³-hybridized carbons (Fsp3) is 0.391. The lowest BCUT2D eigenvalue weighted by Crippen LogP contribution is -2.27. The van der Waals surface area contributed by atoms with Crippen LogP contribution in [0.4, 0.5) is 8.78 Å². The number of carbonyl (C=O) groups excluding carboxylic acids is 1. The van der Waals surface area contributed by atoms with Crippen LogP contribution in [0.3, 0.4) is 0 Å². The van der Waals surface area contributed by atoms with Crippen molar-refractivity contribution in [3.8, 4) is 5.75 Å². The molecule has 0 spiro atoms. The smallest absolute Gasteiger partial charge is 0.216 e. The van der Waals surface area contributed by atoms with E-state index in [-0.39, 0.29) is 17.5 Å². The number of sulfonamides is 1. The molecule has 34 heavy (non-hydrogen) atoms. The van der Waals surface area contributed by atoms with E-state index in [0.717, 1.165) is 25.2 Å². The number of pyridine rings is 1. The Hall–Kier alpha value is -2.89. The molecule has 0 saturated carbocycles. The maximum Gasteiger partial charge on any atom is 0.216 e. The van der Waals surface area contributed by atoms with Crippen LogP contribution in [0.2, 0.25) is 0 Å². The standard InChI is InChI=1S/C23H28F2N4O4S/c1-4-19(34(26,31)32)15-7-8-18(24)20(21(15)25)22(30)17-13-28-23-16(17)11-14(12-27-23)33-10-9-29(5-2)6-3/h7-8,11-13,19H,4-6,9-10H2,1-3H3,(H,27,28)(H2,26,31,32). The van der Waals surface area contributed by atoms with Gasteiger partial charge in [-0.2, -0.15) is 0 Å². The zero-order valence-electron chi connectivity index (χ0n) is 19.3. The van der Waals surface area contributed by atoms with E-state index in [4.69, 9.17) is 9.88 Å². The van der Waals surface area contributed by atoms with E-state index in [9.17, 15) is 17.6 Å². The van der Waals surface area contributed by atoms with Crippen LogP contribution in [-0.4, -0.2) is 55.3 Å². The molecule has 0 saturated heterocycles. The van der Waals surface area contributed by atoms with Gasteiger partial charge in [-0.15, -0.1) is 0 Å². The molecule has 0 bridgehead atoms. The Balaban J connectivity index is 1.98. The molecule has 0 radical (unpaired) electrons. The molecule has 184 valence electrons. The zero-order valence-corrected chi connectivity index (χ0v) is 20.1. The first kappa shape index (κ1) is 25.7. The van der Waals surface area contributed by atoms with Gasteiger partial charge < -0.3 is 14.6 Å². The van der Waals surface area contributed by atoms with Crippen molar-refractivity contribution in [2.45, 2.75) is 32.4 Å². The quantitative estimate of drug-likeness (QED) is 0.394. The Labute approximate surface area is 197 Å². The van der Waals surface area contributed by atoms with E-state index in [1.807, 2.05) is 13.8 Å². The number of aromatic nitrogens is 2. The van der Waals surface area contributed by atoms with Crippen LogP contribution < -0.4 is 9.88 Å². The molecule has 3 rings (SSSR count). The maximum atomic E-state index is 15.3. The van der Waals surface area contributed by atoms with Gasteiger partial charge in [0.05, 0.1) is 11.8 Å². The number of fused-ring (bicyclic) bond motifs is 1. The van der Waals surface area contributed by atoms with Crippen molar-refractivity contribution in [2.75, 3.05) is 26.2 Å². The third kappa shape index (κ3) is 5.26. The molecule has 8 nitrogen and oxygen atoms in total. The molecule has 1 unspecified atom stereocenters.